The zero-order valence-corrected chi connectivity index (χ0v) is 35.2. The molecule has 1 saturated heterocycles. The van der Waals surface area contributed by atoms with Gasteiger partial charge < -0.3 is 24.6 Å². The Hall–Kier alpha value is -7.35. The smallest absolute Gasteiger partial charge is 0.233 e. The van der Waals surface area contributed by atoms with Gasteiger partial charge >= 0.3 is 0 Å². The Labute approximate surface area is 370 Å². The van der Waals surface area contributed by atoms with Crippen LogP contribution in [0.25, 0.3) is 11.2 Å². The number of aliphatic hydroxyl groups is 1. The van der Waals surface area contributed by atoms with Crippen LogP contribution in [0.1, 0.15) is 53.5 Å². The summed E-state index contributed by atoms with van der Waals surface area (Å²) < 4.78 is 23.6. The standard InChI is InChI=1S/C52H46N6O6/c1-35(59)54-47-44-48(57-50(56-47)55-36(2)60)58(34-53-44)49-45(61)46(64-52(40-27-15-6-16-28-40,41-29-17-7-18-30-41)42-31-19-8-20-32-42)43(63-49)33-62-51(37-21-9-3-10-22-37,38-23-11-4-12-24-38)39-25-13-5-14-26-39/h3-32,34,43,45-46,49,61H,33H2,1-2H3,(H2,54,55,56,57,59,60)/t43-,45-,46-,49-/m1/s1. The molecule has 9 rings (SSSR count). The van der Waals surface area contributed by atoms with Crippen molar-refractivity contribution in [1.29, 1.82) is 0 Å². The van der Waals surface area contributed by atoms with E-state index < -0.39 is 47.6 Å². The largest absolute Gasteiger partial charge is 0.386 e. The van der Waals surface area contributed by atoms with Crippen molar-refractivity contribution in [3.8, 4) is 0 Å². The molecule has 0 radical (unpaired) electrons. The van der Waals surface area contributed by atoms with E-state index in [0.717, 1.165) is 33.4 Å². The predicted octanol–water partition coefficient (Wildman–Crippen LogP) is 8.39. The van der Waals surface area contributed by atoms with E-state index in [1.165, 1.54) is 20.2 Å². The molecule has 1 fully saturated rings. The molecule has 0 aliphatic carbocycles. The third-order valence-electron chi connectivity index (χ3n) is 11.4. The van der Waals surface area contributed by atoms with Crippen LogP contribution < -0.4 is 10.6 Å². The number of fused-ring (bicyclic) bond motifs is 1. The summed E-state index contributed by atoms with van der Waals surface area (Å²) in [6.07, 6.45) is -3.07. The highest BCUT2D eigenvalue weighted by Gasteiger charge is 2.52. The van der Waals surface area contributed by atoms with Crippen molar-refractivity contribution in [3.05, 3.63) is 222 Å². The SMILES string of the molecule is CC(=O)Nc1nc(NC(C)=O)c2ncn([C@@H]3O[C@H](COC(c4ccccc4)(c4ccccc4)c4ccccc4)[C@@H](OC(c4ccccc4)(c4ccccc4)c4ccccc4)[C@H]3O)c2n1. The van der Waals surface area contributed by atoms with Crippen molar-refractivity contribution in [2.75, 3.05) is 17.2 Å². The zero-order chi connectivity index (χ0) is 44.1. The summed E-state index contributed by atoms with van der Waals surface area (Å²) in [5.74, 6) is -0.807. The number of nitrogens with one attached hydrogen (secondary N) is 2. The van der Waals surface area contributed by atoms with Gasteiger partial charge in [-0.1, -0.05) is 182 Å². The first kappa shape index (κ1) is 42.0. The highest BCUT2D eigenvalue weighted by Crippen LogP contribution is 2.47. The second-order valence-electron chi connectivity index (χ2n) is 15.6. The van der Waals surface area contributed by atoms with Crippen LogP contribution in [0, 0.1) is 0 Å². The van der Waals surface area contributed by atoms with E-state index in [1.54, 1.807) is 4.57 Å². The van der Waals surface area contributed by atoms with Gasteiger partial charge in [-0.3, -0.25) is 19.5 Å². The Bertz CT molecular complexity index is 2640. The van der Waals surface area contributed by atoms with Crippen LogP contribution in [0.4, 0.5) is 11.8 Å². The minimum atomic E-state index is -1.37. The third kappa shape index (κ3) is 7.95. The third-order valence-corrected chi connectivity index (χ3v) is 11.4. The molecule has 6 aromatic carbocycles. The summed E-state index contributed by atoms with van der Waals surface area (Å²) in [4.78, 5) is 38.2. The molecule has 2 aromatic heterocycles. The second kappa shape index (κ2) is 18.2. The predicted molar refractivity (Wildman–Crippen MR) is 243 cm³/mol. The number of carbonyl (C=O) groups excluding carboxylic acids is 2. The van der Waals surface area contributed by atoms with Gasteiger partial charge in [0.2, 0.25) is 17.8 Å². The topological polar surface area (TPSA) is 150 Å². The molecule has 320 valence electrons. The van der Waals surface area contributed by atoms with E-state index in [0.29, 0.717) is 0 Å². The van der Waals surface area contributed by atoms with Crippen molar-refractivity contribution in [2.45, 2.75) is 49.6 Å². The van der Waals surface area contributed by atoms with Crippen LogP contribution in [0.3, 0.4) is 0 Å². The minimum Gasteiger partial charge on any atom is -0.386 e. The molecule has 8 aromatic rings. The van der Waals surface area contributed by atoms with Crippen molar-refractivity contribution in [1.82, 2.24) is 19.5 Å². The lowest BCUT2D eigenvalue weighted by Gasteiger charge is -2.41. The highest BCUT2D eigenvalue weighted by molar-refractivity contribution is 5.97. The van der Waals surface area contributed by atoms with E-state index in [4.69, 9.17) is 14.2 Å². The Balaban J connectivity index is 1.23. The van der Waals surface area contributed by atoms with Crippen molar-refractivity contribution in [3.63, 3.8) is 0 Å². The van der Waals surface area contributed by atoms with Crippen LogP contribution in [-0.2, 0) is 35.0 Å². The molecule has 2 amide bonds. The van der Waals surface area contributed by atoms with Gasteiger partial charge in [0.25, 0.3) is 0 Å². The number of nitrogens with zero attached hydrogens (tertiary/aromatic N) is 4. The molecule has 4 atom stereocenters. The molecule has 12 nitrogen and oxygen atoms in total. The van der Waals surface area contributed by atoms with Gasteiger partial charge in [0.1, 0.15) is 29.5 Å². The number of amides is 2. The molecular weight excluding hydrogens is 805 g/mol. The summed E-state index contributed by atoms with van der Waals surface area (Å²) in [5, 5.41) is 18.2. The van der Waals surface area contributed by atoms with E-state index in [-0.39, 0.29) is 29.5 Å². The summed E-state index contributed by atoms with van der Waals surface area (Å²) in [6, 6.07) is 59.9. The fraction of sp³-hybridized carbons (Fsp3) is 0.173. The number of benzene rings is 6. The summed E-state index contributed by atoms with van der Waals surface area (Å²) in [6.45, 7) is 2.61. The number of ether oxygens (including phenoxy) is 3. The van der Waals surface area contributed by atoms with Crippen molar-refractivity contribution >= 4 is 34.7 Å². The Kier molecular flexibility index (Phi) is 11.9. The van der Waals surface area contributed by atoms with Gasteiger partial charge in [-0.25, -0.2) is 4.98 Å². The van der Waals surface area contributed by atoms with Crippen molar-refractivity contribution < 1.29 is 28.9 Å². The van der Waals surface area contributed by atoms with Gasteiger partial charge in [-0.15, -0.1) is 0 Å². The molecule has 0 bridgehead atoms. The molecule has 12 heteroatoms. The number of hydrogen-bond donors (Lipinski definition) is 3. The number of rotatable bonds is 14. The van der Waals surface area contributed by atoms with E-state index in [1.807, 2.05) is 182 Å². The van der Waals surface area contributed by atoms with Crippen LogP contribution in [0.2, 0.25) is 0 Å². The molecule has 1 aliphatic heterocycles. The van der Waals surface area contributed by atoms with Crippen molar-refractivity contribution in [2.24, 2.45) is 0 Å². The lowest BCUT2D eigenvalue weighted by Crippen LogP contribution is -2.46. The molecule has 0 saturated carbocycles. The quantitative estimate of drug-likeness (QED) is 0.0918. The van der Waals surface area contributed by atoms with E-state index in [9.17, 15) is 14.7 Å². The first-order chi connectivity index (χ1) is 31.3. The van der Waals surface area contributed by atoms with Crippen LogP contribution >= 0.6 is 0 Å². The number of aliphatic hydroxyl groups excluding tert-OH is 1. The number of aromatic nitrogens is 4. The molecule has 0 spiro atoms. The summed E-state index contributed by atoms with van der Waals surface area (Å²) >= 11 is 0. The Morgan fingerprint density at radius 3 is 1.42 bits per heavy atom. The first-order valence-electron chi connectivity index (χ1n) is 21.1. The maximum Gasteiger partial charge on any atom is 0.233 e. The molecular formula is C52H46N6O6. The summed E-state index contributed by atoms with van der Waals surface area (Å²) in [5.41, 5.74) is 3.17. The number of hydrogen-bond acceptors (Lipinski definition) is 9. The van der Waals surface area contributed by atoms with Gasteiger partial charge in [-0.05, 0) is 33.4 Å². The molecule has 3 N–H and O–H groups in total. The lowest BCUT2D eigenvalue weighted by molar-refractivity contribution is -0.131. The second-order valence-corrected chi connectivity index (χ2v) is 15.6. The number of imidazole rings is 1. The Morgan fingerprint density at radius 1 is 0.609 bits per heavy atom. The minimum absolute atomic E-state index is 0.0682. The zero-order valence-electron chi connectivity index (χ0n) is 35.2. The summed E-state index contributed by atoms with van der Waals surface area (Å²) in [7, 11) is 0. The average molecular weight is 851 g/mol. The molecule has 1 aliphatic rings. The fourth-order valence-corrected chi connectivity index (χ4v) is 8.70. The number of carbonyl (C=O) groups is 2. The van der Waals surface area contributed by atoms with Crippen LogP contribution in [-0.4, -0.2) is 61.4 Å². The fourth-order valence-electron chi connectivity index (χ4n) is 8.70. The maximum absolute atomic E-state index is 12.9. The average Bonchev–Trinajstić information content (AvgIpc) is 3.89. The molecule has 64 heavy (non-hydrogen) atoms. The van der Waals surface area contributed by atoms with E-state index in [2.05, 4.69) is 25.6 Å². The monoisotopic (exact) mass is 850 g/mol. The lowest BCUT2D eigenvalue weighted by atomic mass is 9.79. The number of anilines is 2. The highest BCUT2D eigenvalue weighted by atomic mass is 16.6. The van der Waals surface area contributed by atoms with Gasteiger partial charge in [0.05, 0.1) is 12.9 Å². The Morgan fingerprint density at radius 2 is 1.02 bits per heavy atom. The van der Waals surface area contributed by atoms with Gasteiger partial charge in [0, 0.05) is 13.8 Å². The molecule has 0 unspecified atom stereocenters. The van der Waals surface area contributed by atoms with Gasteiger partial charge in [0.15, 0.2) is 23.2 Å². The van der Waals surface area contributed by atoms with E-state index >= 15 is 0 Å². The normalized spacial score (nSPS) is 17.5. The van der Waals surface area contributed by atoms with Gasteiger partial charge in [-0.2, -0.15) is 9.97 Å². The van der Waals surface area contributed by atoms with Crippen LogP contribution in [0.15, 0.2) is 188 Å². The molecule has 3 heterocycles. The van der Waals surface area contributed by atoms with Crippen LogP contribution in [0.5, 0.6) is 0 Å². The first-order valence-corrected chi connectivity index (χ1v) is 21.1. The maximum atomic E-state index is 12.9.